The summed E-state index contributed by atoms with van der Waals surface area (Å²) < 4.78 is 5.47. The van der Waals surface area contributed by atoms with Gasteiger partial charge in [-0.2, -0.15) is 0 Å². The Morgan fingerprint density at radius 2 is 1.75 bits per heavy atom. The molecule has 2 saturated heterocycles. The van der Waals surface area contributed by atoms with E-state index in [0.29, 0.717) is 24.1 Å². The topological polar surface area (TPSA) is 96.0 Å². The van der Waals surface area contributed by atoms with Gasteiger partial charge >= 0.3 is 5.97 Å². The lowest BCUT2D eigenvalue weighted by Gasteiger charge is -2.32. The number of amides is 2. The summed E-state index contributed by atoms with van der Waals surface area (Å²) in [6.45, 7) is 5.26. The fourth-order valence-electron chi connectivity index (χ4n) is 5.56. The molecule has 4 atom stereocenters. The van der Waals surface area contributed by atoms with Crippen LogP contribution >= 0.6 is 0 Å². The van der Waals surface area contributed by atoms with Crippen LogP contribution in [0.15, 0.2) is 48.5 Å². The standard InChI is InChI=1S/C28H33N3O5/c1-6-15-28(27(35)36-7-2)23-22(24(29-28)18-11-13-20(14-12-18)30(4)5)25(33)31(26(23)34)21-10-8-9-19(16-21)17(3)32/h8-14,16,22-24,29H,6-7,15H2,1-5H3/t22-,23-,24-,28-/m0/s1. The van der Waals surface area contributed by atoms with Gasteiger partial charge in [0, 0.05) is 31.4 Å². The molecule has 0 radical (unpaired) electrons. The van der Waals surface area contributed by atoms with Gasteiger partial charge in [0.25, 0.3) is 0 Å². The van der Waals surface area contributed by atoms with Gasteiger partial charge in [-0.25, -0.2) is 4.90 Å². The molecule has 2 aromatic carbocycles. The highest BCUT2D eigenvalue weighted by molar-refractivity contribution is 6.24. The molecule has 0 aromatic heterocycles. The highest BCUT2D eigenvalue weighted by Crippen LogP contribution is 2.51. The van der Waals surface area contributed by atoms with Gasteiger partial charge in [0.1, 0.15) is 5.54 Å². The van der Waals surface area contributed by atoms with E-state index in [9.17, 15) is 19.2 Å². The van der Waals surface area contributed by atoms with E-state index in [1.54, 1.807) is 31.2 Å². The van der Waals surface area contributed by atoms with Crippen molar-refractivity contribution in [2.24, 2.45) is 11.8 Å². The van der Waals surface area contributed by atoms with E-state index < -0.39 is 35.3 Å². The first-order valence-electron chi connectivity index (χ1n) is 12.4. The van der Waals surface area contributed by atoms with Crippen LogP contribution in [0.25, 0.3) is 0 Å². The second kappa shape index (κ2) is 9.85. The molecule has 0 bridgehead atoms. The first kappa shape index (κ1) is 25.6. The monoisotopic (exact) mass is 491 g/mol. The number of nitrogens with one attached hydrogen (secondary N) is 1. The number of hydrogen-bond acceptors (Lipinski definition) is 7. The fraction of sp³-hybridized carbons (Fsp3) is 0.429. The van der Waals surface area contributed by atoms with Crippen molar-refractivity contribution < 1.29 is 23.9 Å². The number of fused-ring (bicyclic) bond motifs is 1. The van der Waals surface area contributed by atoms with Crippen molar-refractivity contribution in [2.45, 2.75) is 45.2 Å². The van der Waals surface area contributed by atoms with Crippen molar-refractivity contribution in [2.75, 3.05) is 30.5 Å². The van der Waals surface area contributed by atoms with Crippen molar-refractivity contribution in [3.63, 3.8) is 0 Å². The Hall–Kier alpha value is -3.52. The zero-order valence-corrected chi connectivity index (χ0v) is 21.4. The number of ketones is 1. The zero-order valence-electron chi connectivity index (χ0n) is 21.4. The van der Waals surface area contributed by atoms with E-state index in [1.165, 1.54) is 6.92 Å². The molecule has 8 heteroatoms. The van der Waals surface area contributed by atoms with Crippen molar-refractivity contribution in [3.05, 3.63) is 59.7 Å². The summed E-state index contributed by atoms with van der Waals surface area (Å²) in [5.41, 5.74) is 1.22. The van der Waals surface area contributed by atoms with E-state index in [-0.39, 0.29) is 18.3 Å². The summed E-state index contributed by atoms with van der Waals surface area (Å²) in [6.07, 6.45) is 0.961. The number of carbonyl (C=O) groups excluding carboxylic acids is 4. The van der Waals surface area contributed by atoms with Gasteiger partial charge in [0.2, 0.25) is 11.8 Å². The lowest BCUT2D eigenvalue weighted by atomic mass is 9.77. The first-order chi connectivity index (χ1) is 17.2. The number of anilines is 2. The van der Waals surface area contributed by atoms with Crippen LogP contribution in [-0.4, -0.2) is 49.8 Å². The van der Waals surface area contributed by atoms with Crippen molar-refractivity contribution in [1.29, 1.82) is 0 Å². The van der Waals surface area contributed by atoms with Gasteiger partial charge in [-0.3, -0.25) is 24.5 Å². The molecule has 0 saturated carbocycles. The van der Waals surface area contributed by atoms with Crippen molar-refractivity contribution >= 4 is 34.9 Å². The van der Waals surface area contributed by atoms with Crippen LogP contribution < -0.4 is 15.1 Å². The lowest BCUT2D eigenvalue weighted by molar-refractivity contribution is -0.155. The first-order valence-corrected chi connectivity index (χ1v) is 12.4. The minimum atomic E-state index is -1.33. The second-order valence-electron chi connectivity index (χ2n) is 9.67. The van der Waals surface area contributed by atoms with Crippen molar-refractivity contribution in [1.82, 2.24) is 5.32 Å². The second-order valence-corrected chi connectivity index (χ2v) is 9.67. The third kappa shape index (κ3) is 4.09. The van der Waals surface area contributed by atoms with E-state index in [4.69, 9.17) is 4.74 Å². The molecule has 8 nitrogen and oxygen atoms in total. The Kier molecular flexibility index (Phi) is 7.00. The number of imide groups is 1. The number of ether oxygens (including phenoxy) is 1. The maximum Gasteiger partial charge on any atom is 0.327 e. The van der Waals surface area contributed by atoms with Gasteiger partial charge in [-0.15, -0.1) is 0 Å². The van der Waals surface area contributed by atoms with Crippen molar-refractivity contribution in [3.8, 4) is 0 Å². The van der Waals surface area contributed by atoms with E-state index in [0.717, 1.165) is 16.2 Å². The minimum absolute atomic E-state index is 0.163. The van der Waals surface area contributed by atoms with Gasteiger partial charge < -0.3 is 9.64 Å². The molecule has 1 N–H and O–H groups in total. The lowest BCUT2D eigenvalue weighted by Crippen LogP contribution is -2.56. The summed E-state index contributed by atoms with van der Waals surface area (Å²) in [6, 6.07) is 13.7. The quantitative estimate of drug-likeness (QED) is 0.343. The molecular weight excluding hydrogens is 458 g/mol. The Bertz CT molecular complexity index is 1190. The zero-order chi connectivity index (χ0) is 26.2. The van der Waals surface area contributed by atoms with Crippen LogP contribution in [0.5, 0.6) is 0 Å². The van der Waals surface area contributed by atoms with Gasteiger partial charge in [0.05, 0.1) is 24.1 Å². The Morgan fingerprint density at radius 1 is 1.06 bits per heavy atom. The predicted octanol–water partition coefficient (Wildman–Crippen LogP) is 3.51. The van der Waals surface area contributed by atoms with Gasteiger partial charge in [-0.05, 0) is 50.1 Å². The summed E-state index contributed by atoms with van der Waals surface area (Å²) >= 11 is 0. The Labute approximate surface area is 211 Å². The molecule has 2 aromatic rings. The summed E-state index contributed by atoms with van der Waals surface area (Å²) in [4.78, 5) is 56.4. The molecule has 2 amide bonds. The van der Waals surface area contributed by atoms with Crippen LogP contribution in [0.4, 0.5) is 11.4 Å². The SMILES string of the molecule is CCC[C@]1(C(=O)OCC)N[C@@H](c2ccc(N(C)C)cc2)[C@H]2C(=O)N(c3cccc(C(C)=O)c3)C(=O)[C@H]21. The molecular formula is C28H33N3O5. The van der Waals surface area contributed by atoms with E-state index in [2.05, 4.69) is 5.32 Å². The average Bonchev–Trinajstić information content (AvgIpc) is 3.33. The highest BCUT2D eigenvalue weighted by Gasteiger charge is 2.68. The Balaban J connectivity index is 1.84. The van der Waals surface area contributed by atoms with Crippen LogP contribution in [0.1, 0.15) is 55.6 Å². The number of nitrogens with zero attached hydrogens (tertiary/aromatic N) is 2. The normalized spacial score (nSPS) is 25.1. The number of rotatable bonds is 8. The van der Waals surface area contributed by atoms with E-state index in [1.807, 2.05) is 50.2 Å². The van der Waals surface area contributed by atoms with Gasteiger partial charge in [-0.1, -0.05) is 37.6 Å². The largest absolute Gasteiger partial charge is 0.465 e. The molecule has 0 unspecified atom stereocenters. The molecule has 36 heavy (non-hydrogen) atoms. The number of hydrogen-bond donors (Lipinski definition) is 1. The third-order valence-corrected chi connectivity index (χ3v) is 7.22. The molecule has 0 aliphatic carbocycles. The van der Waals surface area contributed by atoms with Crippen LogP contribution in [0, 0.1) is 11.8 Å². The highest BCUT2D eigenvalue weighted by atomic mass is 16.5. The number of esters is 1. The maximum absolute atomic E-state index is 14.0. The van der Waals surface area contributed by atoms with Crippen LogP contribution in [-0.2, 0) is 19.1 Å². The average molecular weight is 492 g/mol. The smallest absolute Gasteiger partial charge is 0.327 e. The molecule has 2 aliphatic rings. The van der Waals surface area contributed by atoms with E-state index >= 15 is 0 Å². The Morgan fingerprint density at radius 3 is 2.33 bits per heavy atom. The number of benzene rings is 2. The fourth-order valence-corrected chi connectivity index (χ4v) is 5.56. The summed E-state index contributed by atoms with van der Waals surface area (Å²) in [5, 5.41) is 3.41. The molecule has 190 valence electrons. The van der Waals surface area contributed by atoms with Crippen LogP contribution in [0.2, 0.25) is 0 Å². The maximum atomic E-state index is 14.0. The molecule has 2 fully saturated rings. The molecule has 2 aliphatic heterocycles. The molecule has 2 heterocycles. The predicted molar refractivity (Wildman–Crippen MR) is 137 cm³/mol. The molecule has 0 spiro atoms. The summed E-state index contributed by atoms with van der Waals surface area (Å²) in [7, 11) is 3.89. The van der Waals surface area contributed by atoms with Gasteiger partial charge in [0.15, 0.2) is 5.78 Å². The third-order valence-electron chi connectivity index (χ3n) is 7.22. The minimum Gasteiger partial charge on any atom is -0.465 e. The van der Waals surface area contributed by atoms with Crippen LogP contribution in [0.3, 0.4) is 0 Å². The summed E-state index contributed by atoms with van der Waals surface area (Å²) in [5.74, 6) is -3.24. The number of Topliss-reactive ketones (excluding diaryl/α,β-unsaturated/α-hetero) is 1. The molecule has 4 rings (SSSR count). The number of carbonyl (C=O) groups is 4.